The smallest absolute Gasteiger partial charge is 0.311 e. The average Bonchev–Trinajstić information content (AvgIpc) is 3.64. The van der Waals surface area contributed by atoms with Crippen LogP contribution in [0.4, 0.5) is 0 Å². The predicted molar refractivity (Wildman–Crippen MR) is 192 cm³/mol. The molecule has 0 radical (unpaired) electrons. The Morgan fingerprint density at radius 2 is 1.55 bits per heavy atom. The Balaban J connectivity index is 1.84. The Hall–Kier alpha value is -1.98. The number of nitrogens with zero attached hydrogens (tertiary/aromatic N) is 1. The Labute approximate surface area is 314 Å². The lowest BCUT2D eigenvalue weighted by Gasteiger charge is -2.49. The first-order valence-corrected chi connectivity index (χ1v) is 19.0. The van der Waals surface area contributed by atoms with Crippen LogP contribution in [0.25, 0.3) is 0 Å². The van der Waals surface area contributed by atoms with Gasteiger partial charge in [-0.25, -0.2) is 0 Å². The second-order valence-corrected chi connectivity index (χ2v) is 16.7. The number of cyclic esters (lactones) is 1. The van der Waals surface area contributed by atoms with Gasteiger partial charge in [0.1, 0.15) is 24.1 Å². The summed E-state index contributed by atoms with van der Waals surface area (Å²) in [7, 11) is 5.21. The molecule has 0 amide bonds. The number of methoxy groups -OCH3 is 1. The number of ketones is 1. The minimum Gasteiger partial charge on any atom is -0.472 e. The van der Waals surface area contributed by atoms with Gasteiger partial charge in [0.05, 0.1) is 60.2 Å². The lowest BCUT2D eigenvalue weighted by atomic mass is 9.74. The highest BCUT2D eigenvalue weighted by Gasteiger charge is 2.52. The minimum atomic E-state index is -1.76. The molecule has 0 aromatic carbocycles. The molecule has 53 heavy (non-hydrogen) atoms. The zero-order valence-corrected chi connectivity index (χ0v) is 33.5. The maximum atomic E-state index is 14.3. The van der Waals surface area contributed by atoms with Crippen LogP contribution in [-0.4, -0.2) is 131 Å². The zero-order chi connectivity index (χ0) is 39.7. The molecule has 0 bridgehead atoms. The number of hydrogen-bond acceptors (Lipinski definition) is 14. The van der Waals surface area contributed by atoms with E-state index in [1.165, 1.54) is 19.6 Å². The molecule has 4 rings (SSSR count). The molecule has 14 heteroatoms. The van der Waals surface area contributed by atoms with Crippen molar-refractivity contribution in [3.8, 4) is 0 Å². The zero-order valence-electron chi connectivity index (χ0n) is 33.5. The van der Waals surface area contributed by atoms with Crippen molar-refractivity contribution < 1.29 is 62.9 Å². The fourth-order valence-corrected chi connectivity index (χ4v) is 8.65. The summed E-state index contributed by atoms with van der Waals surface area (Å²) in [6.45, 7) is 15.4. The predicted octanol–water partition coefficient (Wildman–Crippen LogP) is 3.23. The van der Waals surface area contributed by atoms with Crippen molar-refractivity contribution >= 4 is 11.8 Å². The molecule has 4 N–H and O–H groups in total. The molecule has 14 nitrogen and oxygen atoms in total. The van der Waals surface area contributed by atoms with Gasteiger partial charge in [-0.05, 0) is 67.6 Å². The molecule has 0 aliphatic carbocycles. The number of aliphatic hydroxyl groups is 4. The lowest BCUT2D eigenvalue weighted by Crippen LogP contribution is -2.60. The first-order valence-electron chi connectivity index (χ1n) is 19.0. The first-order chi connectivity index (χ1) is 24.6. The van der Waals surface area contributed by atoms with Crippen molar-refractivity contribution in [1.82, 2.24) is 4.90 Å². The highest BCUT2D eigenvalue weighted by molar-refractivity contribution is 5.83. The molecule has 304 valence electrons. The maximum Gasteiger partial charge on any atom is 0.311 e. The van der Waals surface area contributed by atoms with Gasteiger partial charge in [-0.15, -0.1) is 0 Å². The van der Waals surface area contributed by atoms with Crippen LogP contribution < -0.4 is 0 Å². The topological polar surface area (TPSA) is 187 Å². The summed E-state index contributed by atoms with van der Waals surface area (Å²) < 4.78 is 42.9. The average molecular weight is 756 g/mol. The number of hydrogen-bond donors (Lipinski definition) is 4. The summed E-state index contributed by atoms with van der Waals surface area (Å²) in [4.78, 5) is 30.2. The number of carbonyl (C=O) groups is 2. The molecule has 3 aliphatic heterocycles. The summed E-state index contributed by atoms with van der Waals surface area (Å²) in [6, 6.07) is 1.33. The lowest BCUT2D eigenvalue weighted by molar-refractivity contribution is -0.317. The highest BCUT2D eigenvalue weighted by atomic mass is 16.7. The van der Waals surface area contributed by atoms with E-state index in [2.05, 4.69) is 0 Å². The van der Waals surface area contributed by atoms with Crippen LogP contribution in [-0.2, 0) is 38.0 Å². The molecular weight excluding hydrogens is 690 g/mol. The summed E-state index contributed by atoms with van der Waals surface area (Å²) in [6.07, 6.45) is -6.18. The fourth-order valence-electron chi connectivity index (χ4n) is 8.65. The standard InChI is InChI=1S/C39H65NO13/c1-19-16-38(8,46)35(53-37-31(43)27(40(10)11)15-20(2)49-37)23(5)32(51-28-17-39(9,47-12)34(44)25(7)50-28)24(6)36(45)52-33(26-13-14-48-18-26)22(4)30(42)21(3)29(19)41/h13-14,18-25,27-28,30-35,37,42-44,46H,15-17H2,1-12H3/t19-,20-,21+,22-,23+,24-,25+,27+,28+,30-,31-,32?,33+,34+,35-,37+,38-,39-/m1/s1. The van der Waals surface area contributed by atoms with Crippen LogP contribution in [0.15, 0.2) is 23.0 Å². The van der Waals surface area contributed by atoms with E-state index in [0.717, 1.165) is 0 Å². The van der Waals surface area contributed by atoms with Crippen LogP contribution in [0.2, 0.25) is 0 Å². The highest BCUT2D eigenvalue weighted by Crippen LogP contribution is 2.41. The molecule has 0 saturated carbocycles. The SMILES string of the molecule is CO[C@]1(C)C[C@H](OC2[C@@H](C)C(=O)O[C@H](c3ccoc3)[C@H](C)[C@H](O)[C@@H](C)C(=O)[C@H](C)C[C@@](C)(O)[C@H](O[C@@H]3O[C@H](C)C[C@H](N(C)C)[C@H]3O)[C@H]2C)O[C@@H](C)[C@@H]1O. The molecular formula is C39H65NO13. The van der Waals surface area contributed by atoms with E-state index in [1.54, 1.807) is 61.5 Å². The van der Waals surface area contributed by atoms with Crippen molar-refractivity contribution in [3.05, 3.63) is 24.2 Å². The third-order valence-electron chi connectivity index (χ3n) is 12.1. The van der Waals surface area contributed by atoms with Crippen LogP contribution in [0, 0.1) is 29.6 Å². The van der Waals surface area contributed by atoms with Crippen molar-refractivity contribution in [1.29, 1.82) is 0 Å². The number of Topliss-reactive ketones (excluding diaryl/α,β-unsaturated/α-hetero) is 1. The largest absolute Gasteiger partial charge is 0.472 e. The summed E-state index contributed by atoms with van der Waals surface area (Å²) in [5.74, 6) is -5.15. The van der Waals surface area contributed by atoms with Gasteiger partial charge < -0.3 is 58.2 Å². The minimum absolute atomic E-state index is 0.0800. The van der Waals surface area contributed by atoms with Crippen LogP contribution >= 0.6 is 0 Å². The third kappa shape index (κ3) is 9.53. The van der Waals surface area contributed by atoms with Crippen molar-refractivity contribution in [3.63, 3.8) is 0 Å². The molecule has 1 unspecified atom stereocenters. The maximum absolute atomic E-state index is 14.3. The quantitative estimate of drug-likeness (QED) is 0.297. The van der Waals surface area contributed by atoms with E-state index >= 15 is 0 Å². The van der Waals surface area contributed by atoms with E-state index in [1.807, 2.05) is 25.9 Å². The monoisotopic (exact) mass is 755 g/mol. The Bertz CT molecular complexity index is 1340. The van der Waals surface area contributed by atoms with Gasteiger partial charge in [0, 0.05) is 48.8 Å². The third-order valence-corrected chi connectivity index (χ3v) is 12.1. The normalized spacial score (nSPS) is 46.9. The summed E-state index contributed by atoms with van der Waals surface area (Å²) >= 11 is 0. The number of furan rings is 1. The molecule has 3 fully saturated rings. The Morgan fingerprint density at radius 1 is 0.887 bits per heavy atom. The molecule has 3 saturated heterocycles. The van der Waals surface area contributed by atoms with Crippen LogP contribution in [0.1, 0.15) is 93.2 Å². The Morgan fingerprint density at radius 3 is 2.13 bits per heavy atom. The van der Waals surface area contributed by atoms with E-state index in [0.29, 0.717) is 12.0 Å². The van der Waals surface area contributed by atoms with Crippen LogP contribution in [0.5, 0.6) is 0 Å². The van der Waals surface area contributed by atoms with Gasteiger partial charge in [-0.2, -0.15) is 0 Å². The van der Waals surface area contributed by atoms with Gasteiger partial charge >= 0.3 is 5.97 Å². The van der Waals surface area contributed by atoms with Crippen molar-refractivity contribution in [2.24, 2.45) is 29.6 Å². The number of likely N-dealkylation sites (N-methyl/N-ethyl adjacent to an activating group) is 1. The van der Waals surface area contributed by atoms with Crippen LogP contribution in [0.3, 0.4) is 0 Å². The van der Waals surface area contributed by atoms with E-state index < -0.39 is 102 Å². The number of ether oxygens (including phenoxy) is 6. The molecule has 1 aromatic heterocycles. The summed E-state index contributed by atoms with van der Waals surface area (Å²) in [5.41, 5.74) is -2.29. The molecule has 3 aliphatic rings. The number of carbonyl (C=O) groups excluding carboxylic acids is 2. The first kappa shape index (κ1) is 43.7. The number of rotatable bonds is 7. The molecule has 0 spiro atoms. The van der Waals surface area contributed by atoms with E-state index in [9.17, 15) is 30.0 Å². The van der Waals surface area contributed by atoms with E-state index in [4.69, 9.17) is 32.8 Å². The second-order valence-electron chi connectivity index (χ2n) is 16.7. The van der Waals surface area contributed by atoms with E-state index in [-0.39, 0.29) is 30.8 Å². The van der Waals surface area contributed by atoms with Crippen molar-refractivity contribution in [2.75, 3.05) is 21.2 Å². The fraction of sp³-hybridized carbons (Fsp3) is 0.846. The second kappa shape index (κ2) is 17.4. The van der Waals surface area contributed by atoms with Gasteiger partial charge in [-0.3, -0.25) is 9.59 Å². The number of aliphatic hydroxyl groups excluding tert-OH is 3. The van der Waals surface area contributed by atoms with Gasteiger partial charge in [-0.1, -0.05) is 27.7 Å². The van der Waals surface area contributed by atoms with Gasteiger partial charge in [0.15, 0.2) is 12.6 Å². The van der Waals surface area contributed by atoms with Gasteiger partial charge in [0.25, 0.3) is 0 Å². The molecule has 1 aromatic rings. The molecule has 4 heterocycles. The Kier molecular flexibility index (Phi) is 14.4. The molecule has 18 atom stereocenters. The number of esters is 1. The van der Waals surface area contributed by atoms with Crippen molar-refractivity contribution in [2.45, 2.75) is 160 Å². The summed E-state index contributed by atoms with van der Waals surface area (Å²) in [5, 5.41) is 46.5. The van der Waals surface area contributed by atoms with Gasteiger partial charge in [0.2, 0.25) is 0 Å².